The number of rotatable bonds is 5. The van der Waals surface area contributed by atoms with Crippen LogP contribution >= 0.6 is 11.8 Å². The zero-order valence-corrected chi connectivity index (χ0v) is 15.1. The van der Waals surface area contributed by atoms with Gasteiger partial charge in [0, 0.05) is 35.8 Å². The largest absolute Gasteiger partial charge is 0.369 e. The van der Waals surface area contributed by atoms with Crippen molar-refractivity contribution in [2.24, 2.45) is 0 Å². The van der Waals surface area contributed by atoms with E-state index in [4.69, 9.17) is 5.73 Å². The van der Waals surface area contributed by atoms with Crippen molar-refractivity contribution >= 4 is 23.4 Å². The lowest BCUT2D eigenvalue weighted by Crippen LogP contribution is -2.07. The third-order valence-corrected chi connectivity index (χ3v) is 5.17. The van der Waals surface area contributed by atoms with E-state index in [2.05, 4.69) is 32.3 Å². The van der Waals surface area contributed by atoms with Crippen LogP contribution in [0.2, 0.25) is 0 Å². The van der Waals surface area contributed by atoms with Gasteiger partial charge in [-0.1, -0.05) is 48.2 Å². The van der Waals surface area contributed by atoms with E-state index in [1.54, 1.807) is 18.0 Å². The van der Waals surface area contributed by atoms with Gasteiger partial charge in [-0.25, -0.2) is 9.38 Å². The van der Waals surface area contributed by atoms with E-state index in [1.165, 1.54) is 5.56 Å². The summed E-state index contributed by atoms with van der Waals surface area (Å²) in [6.07, 6.45) is 4.36. The van der Waals surface area contributed by atoms with Crippen molar-refractivity contribution in [1.29, 1.82) is 0 Å². The van der Waals surface area contributed by atoms with Crippen molar-refractivity contribution in [3.63, 3.8) is 0 Å². The average Bonchev–Trinajstić information content (AvgIpc) is 3.09. The molecular weight excluding hydrogens is 344 g/mol. The molecule has 3 heterocycles. The number of nitrogen functional groups attached to an aromatic ring is 1. The van der Waals surface area contributed by atoms with Crippen LogP contribution in [0.1, 0.15) is 22.4 Å². The number of aryl methyl sites for hydroxylation is 1. The van der Waals surface area contributed by atoms with Gasteiger partial charge in [0.15, 0.2) is 10.8 Å². The van der Waals surface area contributed by atoms with E-state index in [0.29, 0.717) is 5.95 Å². The number of fused-ring (bicyclic) bond motifs is 1. The number of aromatic nitrogens is 5. The first-order chi connectivity index (χ1) is 12.7. The fraction of sp³-hybridized carbons (Fsp3) is 0.158. The normalized spacial score (nSPS) is 11.1. The topological polar surface area (TPSA) is 82.0 Å². The van der Waals surface area contributed by atoms with Crippen LogP contribution in [0.15, 0.2) is 60.0 Å². The number of hydrogen-bond acceptors (Lipinski definition) is 6. The smallest absolute Gasteiger partial charge is 0.208 e. The molecule has 0 radical (unpaired) electrons. The molecule has 0 saturated heterocycles. The molecule has 0 fully saturated rings. The van der Waals surface area contributed by atoms with Gasteiger partial charge in [0.2, 0.25) is 5.95 Å². The van der Waals surface area contributed by atoms with Crippen molar-refractivity contribution in [2.75, 3.05) is 5.73 Å². The van der Waals surface area contributed by atoms with Gasteiger partial charge in [0.05, 0.1) is 0 Å². The molecule has 26 heavy (non-hydrogen) atoms. The minimum absolute atomic E-state index is 0.410. The molecule has 4 rings (SSSR count). The monoisotopic (exact) mass is 362 g/mol. The Bertz CT molecular complexity index is 1030. The number of anilines is 1. The zero-order chi connectivity index (χ0) is 17.9. The number of nitrogens with two attached hydrogens (primary N) is 1. The molecule has 130 valence electrons. The summed E-state index contributed by atoms with van der Waals surface area (Å²) in [7, 11) is 0. The van der Waals surface area contributed by atoms with Gasteiger partial charge < -0.3 is 5.73 Å². The zero-order valence-electron chi connectivity index (χ0n) is 14.3. The molecule has 1 aromatic carbocycles. The van der Waals surface area contributed by atoms with Crippen molar-refractivity contribution < 1.29 is 0 Å². The van der Waals surface area contributed by atoms with Gasteiger partial charge in [-0.3, -0.25) is 4.98 Å². The fourth-order valence-corrected chi connectivity index (χ4v) is 3.73. The average molecular weight is 362 g/mol. The highest BCUT2D eigenvalue weighted by molar-refractivity contribution is 7.98. The molecule has 0 saturated carbocycles. The maximum absolute atomic E-state index is 6.18. The van der Waals surface area contributed by atoms with Crippen LogP contribution in [0.3, 0.4) is 0 Å². The molecule has 0 unspecified atom stereocenters. The van der Waals surface area contributed by atoms with E-state index in [9.17, 15) is 0 Å². The quantitative estimate of drug-likeness (QED) is 0.549. The lowest BCUT2D eigenvalue weighted by Gasteiger charge is -2.10. The van der Waals surface area contributed by atoms with Crippen molar-refractivity contribution in [3.05, 3.63) is 77.2 Å². The summed E-state index contributed by atoms with van der Waals surface area (Å²) in [6.45, 7) is 1.96. The highest BCUT2D eigenvalue weighted by Gasteiger charge is 2.17. The van der Waals surface area contributed by atoms with E-state index in [0.717, 1.165) is 39.8 Å². The van der Waals surface area contributed by atoms with Gasteiger partial charge in [-0.2, -0.15) is 0 Å². The van der Waals surface area contributed by atoms with Crippen LogP contribution in [0.4, 0.5) is 5.95 Å². The van der Waals surface area contributed by atoms with Gasteiger partial charge in [-0.15, -0.1) is 10.2 Å². The Morgan fingerprint density at radius 1 is 1.04 bits per heavy atom. The first-order valence-electron chi connectivity index (χ1n) is 8.28. The molecule has 0 atom stereocenters. The van der Waals surface area contributed by atoms with E-state index in [1.807, 2.05) is 47.9 Å². The van der Waals surface area contributed by atoms with E-state index < -0.39 is 0 Å². The fourth-order valence-electron chi connectivity index (χ4n) is 2.85. The number of hydrogen-bond donors (Lipinski definition) is 1. The Morgan fingerprint density at radius 3 is 2.62 bits per heavy atom. The number of benzene rings is 1. The van der Waals surface area contributed by atoms with Crippen LogP contribution < -0.4 is 5.73 Å². The third-order valence-electron chi connectivity index (χ3n) is 4.17. The van der Waals surface area contributed by atoms with E-state index >= 15 is 0 Å². The Labute approximate surface area is 155 Å². The summed E-state index contributed by atoms with van der Waals surface area (Å²) < 4.78 is 1.84. The first kappa shape index (κ1) is 16.5. The summed E-state index contributed by atoms with van der Waals surface area (Å²) in [5.74, 6) is 1.16. The number of pyridine rings is 1. The maximum Gasteiger partial charge on any atom is 0.208 e. The summed E-state index contributed by atoms with van der Waals surface area (Å²) in [5, 5.41) is 9.49. The van der Waals surface area contributed by atoms with Crippen LogP contribution in [-0.2, 0) is 12.2 Å². The summed E-state index contributed by atoms with van der Waals surface area (Å²) in [4.78, 5) is 8.66. The molecule has 2 N–H and O–H groups in total. The van der Waals surface area contributed by atoms with Crippen LogP contribution in [0, 0.1) is 6.92 Å². The Kier molecular flexibility index (Phi) is 4.53. The Morgan fingerprint density at radius 2 is 1.85 bits per heavy atom. The van der Waals surface area contributed by atoms with Crippen LogP contribution in [0.25, 0.3) is 5.65 Å². The second-order valence-electron chi connectivity index (χ2n) is 5.99. The standard InChI is InChI=1S/C19H18N6S/c1-13-16(10-14-6-3-2-4-7-14)17-23-24-19(25(17)18(20)22-13)26-12-15-8-5-9-21-11-15/h2-9,11H,10,12H2,1H3,(H2,20,22). The van der Waals surface area contributed by atoms with Crippen LogP contribution in [0.5, 0.6) is 0 Å². The highest BCUT2D eigenvalue weighted by Crippen LogP contribution is 2.26. The first-order valence-corrected chi connectivity index (χ1v) is 9.26. The molecule has 0 aliphatic carbocycles. The predicted molar refractivity (Wildman–Crippen MR) is 103 cm³/mol. The molecule has 3 aromatic heterocycles. The van der Waals surface area contributed by atoms with Gasteiger partial charge in [0.25, 0.3) is 0 Å². The van der Waals surface area contributed by atoms with Crippen molar-refractivity contribution in [3.8, 4) is 0 Å². The molecule has 6 nitrogen and oxygen atoms in total. The van der Waals surface area contributed by atoms with Crippen LogP contribution in [-0.4, -0.2) is 24.6 Å². The second-order valence-corrected chi connectivity index (χ2v) is 6.93. The summed E-state index contributed by atoms with van der Waals surface area (Å²) in [6, 6.07) is 14.2. The minimum Gasteiger partial charge on any atom is -0.369 e. The van der Waals surface area contributed by atoms with Crippen molar-refractivity contribution in [2.45, 2.75) is 24.3 Å². The lowest BCUT2D eigenvalue weighted by molar-refractivity contribution is 0.902. The summed E-state index contributed by atoms with van der Waals surface area (Å²) >= 11 is 1.57. The van der Waals surface area contributed by atoms with Gasteiger partial charge in [-0.05, 0) is 24.1 Å². The van der Waals surface area contributed by atoms with Gasteiger partial charge in [0.1, 0.15) is 0 Å². The Balaban J connectivity index is 1.69. The van der Waals surface area contributed by atoms with E-state index in [-0.39, 0.29) is 0 Å². The lowest BCUT2D eigenvalue weighted by atomic mass is 10.0. The molecule has 7 heteroatoms. The molecule has 0 amide bonds. The maximum atomic E-state index is 6.18. The molecule has 0 bridgehead atoms. The molecule has 4 aromatic rings. The van der Waals surface area contributed by atoms with Gasteiger partial charge >= 0.3 is 0 Å². The SMILES string of the molecule is Cc1nc(N)n2c(SCc3cccnc3)nnc2c1Cc1ccccc1. The Hall–Kier alpha value is -2.93. The minimum atomic E-state index is 0.410. The molecule has 0 aliphatic rings. The summed E-state index contributed by atoms with van der Waals surface area (Å²) in [5.41, 5.74) is 11.2. The molecular formula is C19H18N6S. The second kappa shape index (κ2) is 7.13. The number of thioether (sulfide) groups is 1. The third kappa shape index (κ3) is 3.25. The molecule has 0 aliphatic heterocycles. The van der Waals surface area contributed by atoms with Crippen molar-refractivity contribution in [1.82, 2.24) is 24.6 Å². The molecule has 0 spiro atoms. The predicted octanol–water partition coefficient (Wildman–Crippen LogP) is 3.29. The highest BCUT2D eigenvalue weighted by atomic mass is 32.2. The number of nitrogens with zero attached hydrogens (tertiary/aromatic N) is 5.